The Morgan fingerprint density at radius 2 is 1.90 bits per heavy atom. The van der Waals surface area contributed by atoms with Gasteiger partial charge in [-0.3, -0.25) is 14.9 Å². The van der Waals surface area contributed by atoms with Crippen LogP contribution in [0.2, 0.25) is 5.02 Å². The lowest BCUT2D eigenvalue weighted by Crippen LogP contribution is -2.12. The van der Waals surface area contributed by atoms with Crippen molar-refractivity contribution in [1.82, 2.24) is 0 Å². The van der Waals surface area contributed by atoms with Crippen LogP contribution < -0.4 is 5.32 Å². The number of carbonyl (C=O) groups is 1. The number of hydrogen-bond donors (Lipinski definition) is 1. The number of nitrogens with zero attached hydrogens (tertiary/aromatic N) is 1. The monoisotopic (exact) mass is 290 g/mol. The van der Waals surface area contributed by atoms with Crippen molar-refractivity contribution in [3.05, 3.63) is 74.8 Å². The highest BCUT2D eigenvalue weighted by Crippen LogP contribution is 2.19. The van der Waals surface area contributed by atoms with Crippen LogP contribution in [0.25, 0.3) is 0 Å². The highest BCUT2D eigenvalue weighted by atomic mass is 35.5. The average Bonchev–Trinajstić information content (AvgIpc) is 2.42. The molecular weight excluding hydrogens is 280 g/mol. The summed E-state index contributed by atoms with van der Waals surface area (Å²) in [6, 6.07) is 13.4. The predicted molar refractivity (Wildman–Crippen MR) is 76.5 cm³/mol. The molecule has 0 aliphatic carbocycles. The topological polar surface area (TPSA) is 72.2 Å². The van der Waals surface area contributed by atoms with Crippen LogP contribution in [0.3, 0.4) is 0 Å². The fourth-order valence-electron chi connectivity index (χ4n) is 1.70. The second-order valence-corrected chi connectivity index (χ2v) is 4.52. The molecule has 0 spiro atoms. The van der Waals surface area contributed by atoms with Crippen molar-refractivity contribution in [2.75, 3.05) is 5.32 Å². The van der Waals surface area contributed by atoms with Gasteiger partial charge in [-0.25, -0.2) is 0 Å². The molecule has 0 fully saturated rings. The van der Waals surface area contributed by atoms with E-state index in [2.05, 4.69) is 5.32 Å². The number of carbonyl (C=O) groups excluding carboxylic acids is 1. The number of halogens is 1. The van der Waals surface area contributed by atoms with Crippen molar-refractivity contribution < 1.29 is 9.72 Å². The van der Waals surface area contributed by atoms with Gasteiger partial charge in [0.2, 0.25) is 6.54 Å². The summed E-state index contributed by atoms with van der Waals surface area (Å²) in [4.78, 5) is 22.1. The SMILES string of the molecule is O=C(Nc1ccccc1)c1ccc(Cl)c(C[N+](=O)[O-])c1. The first-order chi connectivity index (χ1) is 9.56. The number of para-hydroxylation sites is 1. The molecule has 0 radical (unpaired) electrons. The van der Waals surface area contributed by atoms with Gasteiger partial charge < -0.3 is 5.32 Å². The number of amides is 1. The van der Waals surface area contributed by atoms with E-state index in [-0.39, 0.29) is 10.9 Å². The van der Waals surface area contributed by atoms with E-state index in [0.717, 1.165) is 0 Å². The van der Waals surface area contributed by atoms with E-state index in [0.29, 0.717) is 16.8 Å². The summed E-state index contributed by atoms with van der Waals surface area (Å²) in [5.41, 5.74) is 1.30. The van der Waals surface area contributed by atoms with Crippen LogP contribution in [0.5, 0.6) is 0 Å². The Bertz CT molecular complexity index is 644. The van der Waals surface area contributed by atoms with Crippen molar-refractivity contribution in [3.8, 4) is 0 Å². The second-order valence-electron chi connectivity index (χ2n) is 4.12. The Kier molecular flexibility index (Phi) is 4.32. The van der Waals surface area contributed by atoms with Crippen LogP contribution >= 0.6 is 11.6 Å². The molecule has 2 aromatic carbocycles. The summed E-state index contributed by atoms with van der Waals surface area (Å²) in [5, 5.41) is 13.5. The molecule has 0 aliphatic rings. The highest BCUT2D eigenvalue weighted by molar-refractivity contribution is 6.31. The van der Waals surface area contributed by atoms with Crippen LogP contribution in [0.4, 0.5) is 5.69 Å². The van der Waals surface area contributed by atoms with Crippen LogP contribution in [-0.2, 0) is 6.54 Å². The van der Waals surface area contributed by atoms with Crippen molar-refractivity contribution in [1.29, 1.82) is 0 Å². The molecule has 0 atom stereocenters. The number of benzene rings is 2. The molecule has 0 heterocycles. The molecule has 1 amide bonds. The Morgan fingerprint density at radius 3 is 2.55 bits per heavy atom. The maximum Gasteiger partial charge on any atom is 0.255 e. The van der Waals surface area contributed by atoms with Crippen LogP contribution in [-0.4, -0.2) is 10.8 Å². The number of anilines is 1. The minimum Gasteiger partial charge on any atom is -0.322 e. The Labute approximate surface area is 120 Å². The van der Waals surface area contributed by atoms with Gasteiger partial charge in [0, 0.05) is 21.7 Å². The van der Waals surface area contributed by atoms with Crippen LogP contribution in [0.1, 0.15) is 15.9 Å². The molecule has 1 N–H and O–H groups in total. The molecule has 0 unspecified atom stereocenters. The Balaban J connectivity index is 2.20. The number of nitrogens with one attached hydrogen (secondary N) is 1. The van der Waals surface area contributed by atoms with E-state index in [4.69, 9.17) is 11.6 Å². The maximum atomic E-state index is 12.0. The molecule has 5 nitrogen and oxygen atoms in total. The molecule has 2 rings (SSSR count). The number of nitro groups is 1. The van der Waals surface area contributed by atoms with Gasteiger partial charge in [0.25, 0.3) is 5.91 Å². The van der Waals surface area contributed by atoms with E-state index in [1.54, 1.807) is 24.3 Å². The van der Waals surface area contributed by atoms with Crippen LogP contribution in [0.15, 0.2) is 48.5 Å². The van der Waals surface area contributed by atoms with Gasteiger partial charge in [-0.05, 0) is 30.3 Å². The van der Waals surface area contributed by atoms with Gasteiger partial charge in [0.05, 0.1) is 5.02 Å². The first-order valence-electron chi connectivity index (χ1n) is 5.83. The van der Waals surface area contributed by atoms with Gasteiger partial charge in [-0.15, -0.1) is 0 Å². The van der Waals surface area contributed by atoms with E-state index in [1.165, 1.54) is 18.2 Å². The summed E-state index contributed by atoms with van der Waals surface area (Å²) in [6.45, 7) is -0.411. The first-order valence-corrected chi connectivity index (χ1v) is 6.20. The van der Waals surface area contributed by atoms with E-state index in [1.807, 2.05) is 6.07 Å². The van der Waals surface area contributed by atoms with Crippen LogP contribution in [0, 0.1) is 10.1 Å². The minimum absolute atomic E-state index is 0.276. The molecule has 0 aromatic heterocycles. The largest absolute Gasteiger partial charge is 0.322 e. The van der Waals surface area contributed by atoms with Gasteiger partial charge in [-0.1, -0.05) is 29.8 Å². The highest BCUT2D eigenvalue weighted by Gasteiger charge is 2.12. The normalized spacial score (nSPS) is 10.1. The molecule has 6 heteroatoms. The number of hydrogen-bond acceptors (Lipinski definition) is 3. The lowest BCUT2D eigenvalue weighted by molar-refractivity contribution is -0.496. The molecule has 2 aromatic rings. The van der Waals surface area contributed by atoms with Gasteiger partial charge in [-0.2, -0.15) is 0 Å². The fraction of sp³-hybridized carbons (Fsp3) is 0.0714. The third-order valence-corrected chi connectivity index (χ3v) is 3.01. The van der Waals surface area contributed by atoms with E-state index in [9.17, 15) is 14.9 Å². The molecule has 102 valence electrons. The summed E-state index contributed by atoms with van der Waals surface area (Å²) in [5.74, 6) is -0.336. The first kappa shape index (κ1) is 14.0. The molecule has 20 heavy (non-hydrogen) atoms. The summed E-state index contributed by atoms with van der Waals surface area (Å²) in [6.07, 6.45) is 0. The summed E-state index contributed by atoms with van der Waals surface area (Å²) >= 11 is 5.87. The molecule has 0 saturated heterocycles. The van der Waals surface area contributed by atoms with Gasteiger partial charge >= 0.3 is 0 Å². The molecule has 0 saturated carbocycles. The van der Waals surface area contributed by atoms with Crippen molar-refractivity contribution in [2.45, 2.75) is 6.54 Å². The van der Waals surface area contributed by atoms with E-state index >= 15 is 0 Å². The zero-order valence-electron chi connectivity index (χ0n) is 10.4. The minimum atomic E-state index is -0.486. The van der Waals surface area contributed by atoms with Crippen molar-refractivity contribution in [3.63, 3.8) is 0 Å². The Morgan fingerprint density at radius 1 is 1.20 bits per heavy atom. The summed E-state index contributed by atoms with van der Waals surface area (Å²) in [7, 11) is 0. The van der Waals surface area contributed by atoms with Crippen molar-refractivity contribution in [2.24, 2.45) is 0 Å². The lowest BCUT2D eigenvalue weighted by Gasteiger charge is -2.06. The zero-order valence-corrected chi connectivity index (χ0v) is 11.1. The molecule has 0 aliphatic heterocycles. The number of rotatable bonds is 4. The lowest BCUT2D eigenvalue weighted by atomic mass is 10.1. The molecular formula is C14H11ClN2O3. The summed E-state index contributed by atoms with van der Waals surface area (Å²) < 4.78 is 0. The predicted octanol–water partition coefficient (Wildman–Crippen LogP) is 3.37. The smallest absolute Gasteiger partial charge is 0.255 e. The zero-order chi connectivity index (χ0) is 14.5. The quantitative estimate of drug-likeness (QED) is 0.693. The standard InChI is InChI=1S/C14H11ClN2O3/c15-13-7-6-10(8-11(13)9-17(19)20)14(18)16-12-4-2-1-3-5-12/h1-8H,9H2,(H,16,18). The van der Waals surface area contributed by atoms with Gasteiger partial charge in [0.15, 0.2) is 0 Å². The maximum absolute atomic E-state index is 12.0. The van der Waals surface area contributed by atoms with Gasteiger partial charge in [0.1, 0.15) is 0 Å². The second kappa shape index (κ2) is 6.16. The average molecular weight is 291 g/mol. The van der Waals surface area contributed by atoms with E-state index < -0.39 is 11.5 Å². The third-order valence-electron chi connectivity index (χ3n) is 2.64. The van der Waals surface area contributed by atoms with Crippen molar-refractivity contribution >= 4 is 23.2 Å². The fourth-order valence-corrected chi connectivity index (χ4v) is 1.88. The Hall–Kier alpha value is -2.40. The third kappa shape index (κ3) is 3.55. The molecule has 0 bridgehead atoms.